The lowest BCUT2D eigenvalue weighted by molar-refractivity contribution is -0.142. The first-order chi connectivity index (χ1) is 8.70. The number of carbonyl (C=O) groups is 2. The van der Waals surface area contributed by atoms with E-state index in [2.05, 4.69) is 10.1 Å². The van der Waals surface area contributed by atoms with E-state index in [-0.39, 0.29) is 18.5 Å². The van der Waals surface area contributed by atoms with Crippen molar-refractivity contribution in [1.29, 1.82) is 0 Å². The van der Waals surface area contributed by atoms with E-state index >= 15 is 0 Å². The van der Waals surface area contributed by atoms with Crippen LogP contribution in [0.4, 0.5) is 0 Å². The van der Waals surface area contributed by atoms with Crippen LogP contribution in [0, 0.1) is 0 Å². The first kappa shape index (κ1) is 16.9. The van der Waals surface area contributed by atoms with Gasteiger partial charge in [0.1, 0.15) is 0 Å². The van der Waals surface area contributed by atoms with Gasteiger partial charge in [0.05, 0.1) is 20.3 Å². The maximum Gasteiger partial charge on any atom is 0.319 e. The summed E-state index contributed by atoms with van der Waals surface area (Å²) in [5.74, 6) is -0.332. The van der Waals surface area contributed by atoms with Crippen molar-refractivity contribution in [3.63, 3.8) is 0 Å². The van der Waals surface area contributed by atoms with Crippen molar-refractivity contribution in [2.45, 2.75) is 45.4 Å². The molecule has 18 heavy (non-hydrogen) atoms. The van der Waals surface area contributed by atoms with Gasteiger partial charge in [0, 0.05) is 6.42 Å². The topological polar surface area (TPSA) is 64.6 Å². The van der Waals surface area contributed by atoms with Crippen molar-refractivity contribution in [3.8, 4) is 0 Å². The van der Waals surface area contributed by atoms with Crippen LogP contribution < -0.4 is 5.32 Å². The lowest BCUT2D eigenvalue weighted by Gasteiger charge is -2.04. The van der Waals surface area contributed by atoms with E-state index in [0.717, 1.165) is 38.6 Å². The molecule has 0 fully saturated rings. The summed E-state index contributed by atoms with van der Waals surface area (Å²) >= 11 is 0. The van der Waals surface area contributed by atoms with E-state index in [4.69, 9.17) is 4.74 Å². The van der Waals surface area contributed by atoms with E-state index in [1.807, 2.05) is 0 Å². The lowest BCUT2D eigenvalue weighted by atomic mass is 10.1. The fraction of sp³-hybridized carbons (Fsp3) is 0.846. The molecule has 0 aromatic rings. The van der Waals surface area contributed by atoms with Crippen LogP contribution >= 0.6 is 0 Å². The van der Waals surface area contributed by atoms with Gasteiger partial charge in [-0.15, -0.1) is 0 Å². The lowest BCUT2D eigenvalue weighted by Crippen LogP contribution is -2.25. The fourth-order valence-electron chi connectivity index (χ4n) is 1.55. The first-order valence-electron chi connectivity index (χ1n) is 6.63. The molecule has 0 aliphatic heterocycles. The third-order valence-electron chi connectivity index (χ3n) is 2.54. The second-order valence-electron chi connectivity index (χ2n) is 4.08. The van der Waals surface area contributed by atoms with Crippen molar-refractivity contribution >= 4 is 11.9 Å². The van der Waals surface area contributed by atoms with Gasteiger partial charge in [-0.3, -0.25) is 9.59 Å². The van der Waals surface area contributed by atoms with Crippen molar-refractivity contribution in [2.24, 2.45) is 0 Å². The summed E-state index contributed by atoms with van der Waals surface area (Å²) in [6.07, 6.45) is 5.71. The highest BCUT2D eigenvalue weighted by Crippen LogP contribution is 2.05. The van der Waals surface area contributed by atoms with E-state index in [9.17, 15) is 9.59 Å². The molecule has 0 amide bonds. The van der Waals surface area contributed by atoms with E-state index in [1.54, 1.807) is 6.92 Å². The molecule has 0 aliphatic carbocycles. The summed E-state index contributed by atoms with van der Waals surface area (Å²) in [5.41, 5.74) is 0. The summed E-state index contributed by atoms with van der Waals surface area (Å²) in [4.78, 5) is 21.8. The summed E-state index contributed by atoms with van der Waals surface area (Å²) in [5, 5.41) is 3.04. The molecule has 5 nitrogen and oxygen atoms in total. The largest absolute Gasteiger partial charge is 0.469 e. The van der Waals surface area contributed by atoms with Gasteiger partial charge in [-0.1, -0.05) is 19.3 Å². The standard InChI is InChI=1S/C13H25NO4/c1-3-18-13(16)11-14-10-8-6-4-5-7-9-12(15)17-2/h14H,3-11H2,1-2H3. The number of hydrogen-bond acceptors (Lipinski definition) is 5. The number of carbonyl (C=O) groups excluding carboxylic acids is 2. The minimum Gasteiger partial charge on any atom is -0.469 e. The van der Waals surface area contributed by atoms with Crippen LogP contribution in [0.2, 0.25) is 0 Å². The average molecular weight is 259 g/mol. The van der Waals surface area contributed by atoms with Gasteiger partial charge in [-0.25, -0.2) is 0 Å². The Balaban J connectivity index is 3.12. The van der Waals surface area contributed by atoms with Crippen molar-refractivity contribution < 1.29 is 19.1 Å². The van der Waals surface area contributed by atoms with Crippen molar-refractivity contribution in [3.05, 3.63) is 0 Å². The van der Waals surface area contributed by atoms with Gasteiger partial charge in [0.15, 0.2) is 0 Å². The molecule has 5 heteroatoms. The Morgan fingerprint density at radius 1 is 1.00 bits per heavy atom. The monoisotopic (exact) mass is 259 g/mol. The Bertz CT molecular complexity index is 231. The second-order valence-corrected chi connectivity index (χ2v) is 4.08. The Labute approximate surface area is 109 Å². The smallest absolute Gasteiger partial charge is 0.319 e. The molecular weight excluding hydrogens is 234 g/mol. The van der Waals surface area contributed by atoms with Gasteiger partial charge < -0.3 is 14.8 Å². The Kier molecular flexibility index (Phi) is 11.6. The van der Waals surface area contributed by atoms with Crippen LogP contribution in [-0.2, 0) is 19.1 Å². The molecule has 0 aromatic heterocycles. The van der Waals surface area contributed by atoms with Crippen LogP contribution in [0.5, 0.6) is 0 Å². The molecular formula is C13H25NO4. The molecule has 0 rings (SSSR count). The molecule has 0 unspecified atom stereocenters. The highest BCUT2D eigenvalue weighted by atomic mass is 16.5. The van der Waals surface area contributed by atoms with Gasteiger partial charge in [-0.05, 0) is 26.3 Å². The molecule has 0 spiro atoms. The van der Waals surface area contributed by atoms with Crippen LogP contribution in [0.3, 0.4) is 0 Å². The predicted octanol–water partition coefficient (Wildman–Crippen LogP) is 1.65. The maximum absolute atomic E-state index is 11.0. The average Bonchev–Trinajstić information content (AvgIpc) is 2.36. The van der Waals surface area contributed by atoms with Gasteiger partial charge in [0.25, 0.3) is 0 Å². The minimum atomic E-state index is -0.199. The van der Waals surface area contributed by atoms with Crippen molar-refractivity contribution in [1.82, 2.24) is 5.32 Å². The number of ether oxygens (including phenoxy) is 2. The Morgan fingerprint density at radius 2 is 1.67 bits per heavy atom. The van der Waals surface area contributed by atoms with Gasteiger partial charge in [0.2, 0.25) is 0 Å². The molecule has 1 N–H and O–H groups in total. The zero-order valence-corrected chi connectivity index (χ0v) is 11.5. The van der Waals surface area contributed by atoms with Crippen LogP contribution in [-0.4, -0.2) is 38.7 Å². The van der Waals surface area contributed by atoms with Crippen molar-refractivity contribution in [2.75, 3.05) is 26.8 Å². The normalized spacial score (nSPS) is 10.1. The molecule has 0 atom stereocenters. The van der Waals surface area contributed by atoms with E-state index in [0.29, 0.717) is 13.0 Å². The predicted molar refractivity (Wildman–Crippen MR) is 69.2 cm³/mol. The quantitative estimate of drug-likeness (QED) is 0.451. The van der Waals surface area contributed by atoms with Gasteiger partial charge in [-0.2, -0.15) is 0 Å². The maximum atomic E-state index is 11.0. The number of unbranched alkanes of at least 4 members (excludes halogenated alkanes) is 4. The number of nitrogens with one attached hydrogen (secondary N) is 1. The highest BCUT2D eigenvalue weighted by Gasteiger charge is 2.00. The molecule has 0 saturated heterocycles. The summed E-state index contributed by atoms with van der Waals surface area (Å²) in [7, 11) is 1.41. The van der Waals surface area contributed by atoms with Crippen LogP contribution in [0.15, 0.2) is 0 Å². The number of methoxy groups -OCH3 is 1. The Morgan fingerprint density at radius 3 is 2.33 bits per heavy atom. The number of hydrogen-bond donors (Lipinski definition) is 1. The fourth-order valence-corrected chi connectivity index (χ4v) is 1.55. The summed E-state index contributed by atoms with van der Waals surface area (Å²) < 4.78 is 9.35. The molecule has 0 bridgehead atoms. The molecule has 0 aromatic carbocycles. The summed E-state index contributed by atoms with van der Waals surface area (Å²) in [6.45, 7) is 3.35. The summed E-state index contributed by atoms with van der Waals surface area (Å²) in [6, 6.07) is 0. The number of esters is 2. The van der Waals surface area contributed by atoms with Crippen LogP contribution in [0.1, 0.15) is 45.4 Å². The molecule has 0 aliphatic rings. The third-order valence-corrected chi connectivity index (χ3v) is 2.54. The minimum absolute atomic E-state index is 0.133. The molecule has 106 valence electrons. The zero-order chi connectivity index (χ0) is 13.6. The SMILES string of the molecule is CCOC(=O)CNCCCCCCCC(=O)OC. The van der Waals surface area contributed by atoms with Gasteiger partial charge >= 0.3 is 11.9 Å². The molecule has 0 heterocycles. The van der Waals surface area contributed by atoms with E-state index in [1.165, 1.54) is 7.11 Å². The molecule has 0 radical (unpaired) electrons. The molecule has 0 saturated carbocycles. The highest BCUT2D eigenvalue weighted by molar-refractivity contribution is 5.71. The first-order valence-corrected chi connectivity index (χ1v) is 6.63. The third kappa shape index (κ3) is 11.4. The number of rotatable bonds is 11. The van der Waals surface area contributed by atoms with Crippen LogP contribution in [0.25, 0.3) is 0 Å². The second kappa shape index (κ2) is 12.4. The Hall–Kier alpha value is -1.10. The van der Waals surface area contributed by atoms with E-state index < -0.39 is 0 Å². The zero-order valence-electron chi connectivity index (χ0n) is 11.5.